The van der Waals surface area contributed by atoms with E-state index in [4.69, 9.17) is 0 Å². The number of hydrogen-bond donors (Lipinski definition) is 2. The summed E-state index contributed by atoms with van der Waals surface area (Å²) in [7, 11) is 0. The molecule has 0 aliphatic heterocycles. The highest BCUT2D eigenvalue weighted by atomic mass is 35.5. The smallest absolute Gasteiger partial charge is 0.306 e. The number of nitrogens with one attached hydrogen (secondary N) is 2. The second-order valence-corrected chi connectivity index (χ2v) is 2.58. The standard InChI is InChI=1S/C8H8N2O.ClH/c1-5-3-2-4-6-7(5)10-8(11)9-6;/h2-4H,1H3,(H2,9,10,11);1H. The topological polar surface area (TPSA) is 48.6 Å². The van der Waals surface area contributed by atoms with Crippen molar-refractivity contribution in [2.75, 3.05) is 0 Å². The Hall–Kier alpha value is -1.22. The van der Waals surface area contributed by atoms with E-state index in [-0.39, 0.29) is 18.1 Å². The fraction of sp³-hybridized carbons (Fsp3) is 0.125. The molecule has 1 heterocycles. The van der Waals surface area contributed by atoms with Gasteiger partial charge in [-0.05, 0) is 18.6 Å². The summed E-state index contributed by atoms with van der Waals surface area (Å²) in [4.78, 5) is 16.2. The molecule has 0 bridgehead atoms. The third kappa shape index (κ3) is 1.23. The lowest BCUT2D eigenvalue weighted by molar-refractivity contribution is 1.21. The second kappa shape index (κ2) is 3.03. The number of aryl methyl sites for hydroxylation is 1. The zero-order valence-corrected chi connectivity index (χ0v) is 7.37. The first-order valence-electron chi connectivity index (χ1n) is 3.45. The van der Waals surface area contributed by atoms with Crippen molar-refractivity contribution in [1.82, 2.24) is 9.97 Å². The van der Waals surface area contributed by atoms with Crippen LogP contribution in [0.4, 0.5) is 0 Å². The molecule has 2 aromatic rings. The summed E-state index contributed by atoms with van der Waals surface area (Å²) < 4.78 is 0. The van der Waals surface area contributed by atoms with E-state index in [2.05, 4.69) is 9.97 Å². The second-order valence-electron chi connectivity index (χ2n) is 2.58. The molecule has 12 heavy (non-hydrogen) atoms. The number of aromatic amines is 2. The van der Waals surface area contributed by atoms with Gasteiger partial charge < -0.3 is 9.97 Å². The number of imidazole rings is 1. The Morgan fingerprint density at radius 3 is 2.67 bits per heavy atom. The van der Waals surface area contributed by atoms with Crippen LogP contribution in [0.5, 0.6) is 0 Å². The van der Waals surface area contributed by atoms with Gasteiger partial charge in [-0.15, -0.1) is 12.4 Å². The van der Waals surface area contributed by atoms with Gasteiger partial charge in [0.1, 0.15) is 0 Å². The number of H-pyrrole nitrogens is 2. The van der Waals surface area contributed by atoms with E-state index in [9.17, 15) is 4.79 Å². The highest BCUT2D eigenvalue weighted by Crippen LogP contribution is 2.10. The van der Waals surface area contributed by atoms with Gasteiger partial charge in [0, 0.05) is 0 Å². The number of para-hydroxylation sites is 1. The third-order valence-electron chi connectivity index (χ3n) is 1.76. The highest BCUT2D eigenvalue weighted by Gasteiger charge is 1.97. The number of aromatic nitrogens is 2. The summed E-state index contributed by atoms with van der Waals surface area (Å²) >= 11 is 0. The maximum atomic E-state index is 10.8. The lowest BCUT2D eigenvalue weighted by atomic mass is 10.2. The number of hydrogen-bond acceptors (Lipinski definition) is 1. The zero-order chi connectivity index (χ0) is 7.84. The van der Waals surface area contributed by atoms with Gasteiger partial charge in [-0.2, -0.15) is 0 Å². The average molecular weight is 185 g/mol. The number of benzene rings is 1. The van der Waals surface area contributed by atoms with Gasteiger partial charge in [0.15, 0.2) is 0 Å². The molecule has 0 aliphatic carbocycles. The molecule has 0 saturated heterocycles. The largest absolute Gasteiger partial charge is 0.323 e. The Morgan fingerprint density at radius 2 is 2.00 bits per heavy atom. The normalized spacial score (nSPS) is 9.75. The molecule has 1 aromatic heterocycles. The van der Waals surface area contributed by atoms with Gasteiger partial charge in [-0.3, -0.25) is 0 Å². The first-order chi connectivity index (χ1) is 5.27. The SMILES string of the molecule is Cc1cccc2[nH]c(=O)[nH]c12.Cl. The molecule has 0 atom stereocenters. The molecule has 0 saturated carbocycles. The van der Waals surface area contributed by atoms with Crippen LogP contribution in [0.15, 0.2) is 23.0 Å². The Kier molecular flexibility index (Phi) is 2.24. The molecule has 4 heteroatoms. The summed E-state index contributed by atoms with van der Waals surface area (Å²) in [6, 6.07) is 5.76. The van der Waals surface area contributed by atoms with Crippen LogP contribution in [-0.2, 0) is 0 Å². The summed E-state index contributed by atoms with van der Waals surface area (Å²) in [5.74, 6) is 0. The molecule has 0 fully saturated rings. The predicted molar refractivity (Wildman–Crippen MR) is 50.9 cm³/mol. The Morgan fingerprint density at radius 1 is 1.25 bits per heavy atom. The maximum Gasteiger partial charge on any atom is 0.323 e. The Bertz CT molecular complexity index is 443. The van der Waals surface area contributed by atoms with Crippen LogP contribution in [0.2, 0.25) is 0 Å². The molecule has 1 aromatic carbocycles. The highest BCUT2D eigenvalue weighted by molar-refractivity contribution is 5.85. The van der Waals surface area contributed by atoms with E-state index in [1.54, 1.807) is 0 Å². The van der Waals surface area contributed by atoms with Gasteiger partial charge in [0.05, 0.1) is 11.0 Å². The van der Waals surface area contributed by atoms with E-state index in [1.807, 2.05) is 25.1 Å². The lowest BCUT2D eigenvalue weighted by Gasteiger charge is -1.91. The van der Waals surface area contributed by atoms with Crippen LogP contribution < -0.4 is 5.69 Å². The van der Waals surface area contributed by atoms with Crippen molar-refractivity contribution in [3.8, 4) is 0 Å². The lowest BCUT2D eigenvalue weighted by Crippen LogP contribution is -1.99. The van der Waals surface area contributed by atoms with Gasteiger partial charge >= 0.3 is 5.69 Å². The molecule has 0 radical (unpaired) electrons. The minimum Gasteiger partial charge on any atom is -0.306 e. The van der Waals surface area contributed by atoms with Crippen LogP contribution in [0.3, 0.4) is 0 Å². The average Bonchev–Trinajstić information content (AvgIpc) is 2.31. The maximum absolute atomic E-state index is 10.8. The van der Waals surface area contributed by atoms with Crippen molar-refractivity contribution in [1.29, 1.82) is 0 Å². The van der Waals surface area contributed by atoms with E-state index in [0.29, 0.717) is 0 Å². The van der Waals surface area contributed by atoms with Crippen LogP contribution in [0.1, 0.15) is 5.56 Å². The summed E-state index contributed by atoms with van der Waals surface area (Å²) in [5.41, 5.74) is 2.71. The number of rotatable bonds is 0. The molecular weight excluding hydrogens is 176 g/mol. The Labute approximate surface area is 75.2 Å². The summed E-state index contributed by atoms with van der Waals surface area (Å²) in [6.45, 7) is 1.96. The monoisotopic (exact) mass is 184 g/mol. The van der Waals surface area contributed by atoms with Crippen LogP contribution in [-0.4, -0.2) is 9.97 Å². The van der Waals surface area contributed by atoms with Crippen molar-refractivity contribution in [2.24, 2.45) is 0 Å². The van der Waals surface area contributed by atoms with Crippen molar-refractivity contribution in [3.63, 3.8) is 0 Å². The third-order valence-corrected chi connectivity index (χ3v) is 1.76. The van der Waals surface area contributed by atoms with E-state index < -0.39 is 0 Å². The molecule has 0 unspecified atom stereocenters. The first-order valence-corrected chi connectivity index (χ1v) is 3.45. The number of fused-ring (bicyclic) bond motifs is 1. The molecule has 0 spiro atoms. The molecule has 0 amide bonds. The van der Waals surface area contributed by atoms with E-state index in [1.165, 1.54) is 0 Å². The summed E-state index contributed by atoms with van der Waals surface area (Å²) in [5, 5.41) is 0. The molecule has 2 N–H and O–H groups in total. The Balaban J connectivity index is 0.000000720. The molecule has 64 valence electrons. The van der Waals surface area contributed by atoms with Crippen LogP contribution in [0.25, 0.3) is 11.0 Å². The van der Waals surface area contributed by atoms with Crippen LogP contribution in [0, 0.1) is 6.92 Å². The van der Waals surface area contributed by atoms with Crippen LogP contribution >= 0.6 is 12.4 Å². The summed E-state index contributed by atoms with van der Waals surface area (Å²) in [6.07, 6.45) is 0. The number of halogens is 1. The molecule has 2 rings (SSSR count). The predicted octanol–water partition coefficient (Wildman–Crippen LogP) is 1.59. The zero-order valence-electron chi connectivity index (χ0n) is 6.55. The van der Waals surface area contributed by atoms with Gasteiger partial charge in [-0.1, -0.05) is 12.1 Å². The van der Waals surface area contributed by atoms with Crippen molar-refractivity contribution in [3.05, 3.63) is 34.2 Å². The minimum atomic E-state index is -0.144. The quantitative estimate of drug-likeness (QED) is 0.642. The fourth-order valence-electron chi connectivity index (χ4n) is 1.20. The van der Waals surface area contributed by atoms with E-state index >= 15 is 0 Å². The molecule has 0 aliphatic rings. The molecule has 3 nitrogen and oxygen atoms in total. The first kappa shape index (κ1) is 8.87. The van der Waals surface area contributed by atoms with Crippen molar-refractivity contribution in [2.45, 2.75) is 6.92 Å². The minimum absolute atomic E-state index is 0. The van der Waals surface area contributed by atoms with Gasteiger partial charge in [-0.25, -0.2) is 4.79 Å². The van der Waals surface area contributed by atoms with Crippen molar-refractivity contribution >= 4 is 23.4 Å². The van der Waals surface area contributed by atoms with E-state index in [0.717, 1.165) is 16.6 Å². The van der Waals surface area contributed by atoms with Gasteiger partial charge in [0.25, 0.3) is 0 Å². The van der Waals surface area contributed by atoms with Crippen molar-refractivity contribution < 1.29 is 0 Å². The van der Waals surface area contributed by atoms with Gasteiger partial charge in [0.2, 0.25) is 0 Å². The fourth-order valence-corrected chi connectivity index (χ4v) is 1.20. The molecular formula is C8H9ClN2O.